The van der Waals surface area contributed by atoms with Crippen molar-refractivity contribution in [1.29, 1.82) is 0 Å². The minimum atomic E-state index is 0.459. The molecule has 3 aromatic rings. The van der Waals surface area contributed by atoms with E-state index in [4.69, 9.17) is 0 Å². The van der Waals surface area contributed by atoms with Crippen molar-refractivity contribution in [2.75, 3.05) is 0 Å². The van der Waals surface area contributed by atoms with E-state index in [0.29, 0.717) is 17.8 Å². The Hall–Kier alpha value is -2.55. The lowest BCUT2D eigenvalue weighted by Gasteiger charge is -2.26. The summed E-state index contributed by atoms with van der Waals surface area (Å²) < 4.78 is 0. The fourth-order valence-corrected chi connectivity index (χ4v) is 3.72. The lowest BCUT2D eigenvalue weighted by atomic mass is 9.79. The summed E-state index contributed by atoms with van der Waals surface area (Å²) in [6.45, 7) is 4.56. The summed E-state index contributed by atoms with van der Waals surface area (Å²) in [5.74, 6) is 1.43. The first-order valence-electron chi connectivity index (χ1n) is 9.47. The molecule has 0 radical (unpaired) electrons. The number of pyridine rings is 3. The van der Waals surface area contributed by atoms with Crippen LogP contribution < -0.4 is 0 Å². The Morgan fingerprint density at radius 3 is 1.65 bits per heavy atom. The van der Waals surface area contributed by atoms with Crippen LogP contribution in [0.4, 0.5) is 0 Å². The maximum absolute atomic E-state index is 4.37. The van der Waals surface area contributed by atoms with E-state index < -0.39 is 0 Å². The molecule has 0 spiro atoms. The van der Waals surface area contributed by atoms with Gasteiger partial charge in [0.2, 0.25) is 0 Å². The fraction of sp³-hybridized carbons (Fsp3) is 0.348. The van der Waals surface area contributed by atoms with Gasteiger partial charge in [0.15, 0.2) is 0 Å². The summed E-state index contributed by atoms with van der Waals surface area (Å²) >= 11 is 0. The van der Waals surface area contributed by atoms with Crippen molar-refractivity contribution in [3.05, 3.63) is 90.3 Å². The van der Waals surface area contributed by atoms with Gasteiger partial charge in [-0.3, -0.25) is 15.0 Å². The number of hydrogen-bond donors (Lipinski definition) is 0. The van der Waals surface area contributed by atoms with Crippen LogP contribution in [-0.4, -0.2) is 15.0 Å². The van der Waals surface area contributed by atoms with Crippen LogP contribution in [0, 0.1) is 0 Å². The van der Waals surface area contributed by atoms with Gasteiger partial charge in [0.25, 0.3) is 0 Å². The molecule has 3 rings (SSSR count). The van der Waals surface area contributed by atoms with E-state index >= 15 is 0 Å². The van der Waals surface area contributed by atoms with Crippen LogP contribution in [0.3, 0.4) is 0 Å². The Kier molecular flexibility index (Phi) is 6.48. The van der Waals surface area contributed by atoms with Gasteiger partial charge in [-0.05, 0) is 71.9 Å². The number of aromatic nitrogens is 3. The molecular formula is C23H27N3. The zero-order chi connectivity index (χ0) is 18.2. The molecule has 134 valence electrons. The molecule has 3 nitrogen and oxygen atoms in total. The molecule has 0 bridgehead atoms. The molecule has 3 heterocycles. The molecule has 26 heavy (non-hydrogen) atoms. The lowest BCUT2D eigenvalue weighted by molar-refractivity contribution is 0.465. The Morgan fingerprint density at radius 2 is 1.19 bits per heavy atom. The second kappa shape index (κ2) is 9.23. The van der Waals surface area contributed by atoms with Crippen molar-refractivity contribution in [3.8, 4) is 0 Å². The molecule has 3 heteroatoms. The van der Waals surface area contributed by atoms with E-state index in [-0.39, 0.29) is 0 Å². The molecule has 0 aliphatic rings. The average molecular weight is 345 g/mol. The van der Waals surface area contributed by atoms with Gasteiger partial charge in [-0.25, -0.2) is 0 Å². The first-order valence-corrected chi connectivity index (χ1v) is 9.47. The van der Waals surface area contributed by atoms with Crippen LogP contribution >= 0.6 is 0 Å². The number of nitrogens with zero attached hydrogens (tertiary/aromatic N) is 3. The molecule has 0 amide bonds. The summed E-state index contributed by atoms with van der Waals surface area (Å²) in [7, 11) is 0. The van der Waals surface area contributed by atoms with Gasteiger partial charge < -0.3 is 0 Å². The maximum Gasteiger partial charge on any atom is 0.0302 e. The largest absolute Gasteiger partial charge is 0.264 e. The van der Waals surface area contributed by atoms with Crippen molar-refractivity contribution < 1.29 is 0 Å². The highest BCUT2D eigenvalue weighted by atomic mass is 14.6. The molecule has 0 saturated carbocycles. The van der Waals surface area contributed by atoms with Crippen LogP contribution in [0.5, 0.6) is 0 Å². The quantitative estimate of drug-likeness (QED) is 0.523. The van der Waals surface area contributed by atoms with Crippen molar-refractivity contribution in [1.82, 2.24) is 15.0 Å². The van der Waals surface area contributed by atoms with Gasteiger partial charge in [0.05, 0.1) is 0 Å². The van der Waals surface area contributed by atoms with Crippen LogP contribution in [0.15, 0.2) is 73.6 Å². The summed E-state index contributed by atoms with van der Waals surface area (Å²) in [6.07, 6.45) is 14.9. The van der Waals surface area contributed by atoms with Gasteiger partial charge in [0.1, 0.15) is 0 Å². The predicted molar refractivity (Wildman–Crippen MR) is 106 cm³/mol. The Morgan fingerprint density at radius 1 is 0.692 bits per heavy atom. The predicted octanol–water partition coefficient (Wildman–Crippen LogP) is 5.73. The smallest absolute Gasteiger partial charge is 0.0302 e. The van der Waals surface area contributed by atoms with Gasteiger partial charge >= 0.3 is 0 Å². The first-order chi connectivity index (χ1) is 12.8. The third-order valence-electron chi connectivity index (χ3n) is 5.26. The molecule has 0 fully saturated rings. The second-order valence-electron chi connectivity index (χ2n) is 7.03. The van der Waals surface area contributed by atoms with E-state index in [1.54, 1.807) is 0 Å². The number of rotatable bonds is 8. The van der Waals surface area contributed by atoms with Gasteiger partial charge in [0, 0.05) is 37.2 Å². The average Bonchev–Trinajstić information content (AvgIpc) is 2.73. The van der Waals surface area contributed by atoms with Crippen molar-refractivity contribution >= 4 is 0 Å². The van der Waals surface area contributed by atoms with E-state index in [2.05, 4.69) is 47.0 Å². The lowest BCUT2D eigenvalue weighted by Crippen LogP contribution is -2.10. The molecule has 0 aromatic carbocycles. The van der Waals surface area contributed by atoms with E-state index in [1.807, 2.05) is 55.4 Å². The summed E-state index contributed by atoms with van der Waals surface area (Å²) in [5, 5.41) is 0. The Labute approximate surface area is 156 Å². The molecule has 0 saturated heterocycles. The maximum atomic E-state index is 4.37. The van der Waals surface area contributed by atoms with Crippen LogP contribution in [-0.2, 0) is 0 Å². The Bertz CT molecular complexity index is 759. The van der Waals surface area contributed by atoms with Crippen molar-refractivity contribution in [2.45, 2.75) is 50.9 Å². The van der Waals surface area contributed by atoms with Crippen molar-refractivity contribution in [2.24, 2.45) is 0 Å². The normalized spacial score (nSPS) is 14.5. The molecule has 0 aliphatic heterocycles. The van der Waals surface area contributed by atoms with Gasteiger partial charge in [-0.15, -0.1) is 0 Å². The highest BCUT2D eigenvalue weighted by Crippen LogP contribution is 2.37. The highest BCUT2D eigenvalue weighted by Gasteiger charge is 2.22. The fourth-order valence-electron chi connectivity index (χ4n) is 3.72. The third kappa shape index (κ3) is 4.75. The first kappa shape index (κ1) is 18.2. The zero-order valence-electron chi connectivity index (χ0n) is 15.6. The van der Waals surface area contributed by atoms with Gasteiger partial charge in [-0.1, -0.05) is 32.0 Å². The van der Waals surface area contributed by atoms with Crippen molar-refractivity contribution in [3.63, 3.8) is 0 Å². The Balaban J connectivity index is 1.82. The SMILES string of the molecule is CCC(CC(CC(C)c1cccnc1)c1cccnc1)c1cccnc1. The van der Waals surface area contributed by atoms with Gasteiger partial charge in [-0.2, -0.15) is 0 Å². The van der Waals surface area contributed by atoms with Crippen LogP contribution in [0.1, 0.15) is 67.6 Å². The molecular weight excluding hydrogens is 318 g/mol. The van der Waals surface area contributed by atoms with Crippen LogP contribution in [0.2, 0.25) is 0 Å². The summed E-state index contributed by atoms with van der Waals surface area (Å²) in [4.78, 5) is 13.0. The zero-order valence-corrected chi connectivity index (χ0v) is 15.6. The summed E-state index contributed by atoms with van der Waals surface area (Å²) in [6, 6.07) is 12.7. The molecule has 0 N–H and O–H groups in total. The molecule has 0 aliphatic carbocycles. The summed E-state index contributed by atoms with van der Waals surface area (Å²) in [5.41, 5.74) is 3.96. The minimum absolute atomic E-state index is 0.459. The second-order valence-corrected chi connectivity index (χ2v) is 7.03. The van der Waals surface area contributed by atoms with E-state index in [1.165, 1.54) is 16.7 Å². The molecule has 3 atom stereocenters. The number of hydrogen-bond acceptors (Lipinski definition) is 3. The topological polar surface area (TPSA) is 38.7 Å². The molecule has 3 unspecified atom stereocenters. The minimum Gasteiger partial charge on any atom is -0.264 e. The third-order valence-corrected chi connectivity index (χ3v) is 5.26. The van der Waals surface area contributed by atoms with E-state index in [9.17, 15) is 0 Å². The highest BCUT2D eigenvalue weighted by molar-refractivity contribution is 5.22. The monoisotopic (exact) mass is 345 g/mol. The molecule has 3 aromatic heterocycles. The van der Waals surface area contributed by atoms with E-state index in [0.717, 1.165) is 19.3 Å². The van der Waals surface area contributed by atoms with Crippen LogP contribution in [0.25, 0.3) is 0 Å². The standard InChI is InChI=1S/C23H27N3/c1-3-19(21-8-5-11-25-16-21)14-23(22-9-6-12-26-17-22)13-18(2)20-7-4-10-24-15-20/h4-12,15-19,23H,3,13-14H2,1-2H3.